The lowest BCUT2D eigenvalue weighted by atomic mass is 9.88. The van der Waals surface area contributed by atoms with Gasteiger partial charge in [-0.05, 0) is 44.0 Å². The van der Waals surface area contributed by atoms with Crippen molar-refractivity contribution in [3.05, 3.63) is 84.0 Å². The zero-order valence-corrected chi connectivity index (χ0v) is 18.2. The van der Waals surface area contributed by atoms with Crippen molar-refractivity contribution in [3.8, 4) is 0 Å². The molecule has 2 aromatic carbocycles. The molecular weight excluding hydrogens is 422 g/mol. The number of hydrogen-bond donors (Lipinski definition) is 0. The van der Waals surface area contributed by atoms with Gasteiger partial charge in [-0.15, -0.1) is 6.58 Å². The number of halogens is 1. The summed E-state index contributed by atoms with van der Waals surface area (Å²) in [5.74, 6) is -0.0604. The lowest BCUT2D eigenvalue weighted by molar-refractivity contribution is 0.322. The molecule has 3 nitrogen and oxygen atoms in total. The first kappa shape index (κ1) is 20.1. The molecular formula is C22H24BrNO2S. The highest BCUT2D eigenvalue weighted by Crippen LogP contribution is 2.47. The van der Waals surface area contributed by atoms with Gasteiger partial charge in [-0.25, -0.2) is 8.42 Å². The smallest absolute Gasteiger partial charge is 0.207 e. The van der Waals surface area contributed by atoms with Crippen LogP contribution in [0.4, 0.5) is 0 Å². The normalized spacial score (nSPS) is 21.9. The molecule has 0 radical (unpaired) electrons. The summed E-state index contributed by atoms with van der Waals surface area (Å²) in [5.41, 5.74) is 2.41. The molecule has 0 bridgehead atoms. The largest absolute Gasteiger partial charge is 0.243 e. The molecule has 1 unspecified atom stereocenters. The van der Waals surface area contributed by atoms with Crippen LogP contribution in [0.25, 0.3) is 4.48 Å². The first-order valence-electron chi connectivity index (χ1n) is 8.87. The van der Waals surface area contributed by atoms with Crippen molar-refractivity contribution < 1.29 is 8.42 Å². The third kappa shape index (κ3) is 3.56. The van der Waals surface area contributed by atoms with Crippen molar-refractivity contribution in [3.63, 3.8) is 0 Å². The fourth-order valence-corrected chi connectivity index (χ4v) is 6.52. The van der Waals surface area contributed by atoms with E-state index in [0.717, 1.165) is 21.2 Å². The highest BCUT2D eigenvalue weighted by molar-refractivity contribution is 9.15. The molecule has 0 aromatic heterocycles. The maximum Gasteiger partial charge on any atom is 0.243 e. The standard InChI is InChI=1S/C22H24BrNO2S/c1-5-17-15-24(27(25,26)19-13-11-16(2)12-14-19)22(3,4)20(17)21(23)18-9-7-6-8-10-18/h5-14,17H,1,15H2,2-4H3/b21-20-. The maximum absolute atomic E-state index is 13.4. The molecule has 0 spiro atoms. The maximum atomic E-state index is 13.4. The predicted octanol–water partition coefficient (Wildman–Crippen LogP) is 5.39. The molecule has 1 saturated heterocycles. The van der Waals surface area contributed by atoms with Crippen LogP contribution in [0.2, 0.25) is 0 Å². The van der Waals surface area contributed by atoms with E-state index in [1.165, 1.54) is 0 Å². The van der Waals surface area contributed by atoms with Crippen LogP contribution in [-0.2, 0) is 10.0 Å². The third-order valence-electron chi connectivity index (χ3n) is 5.17. The lowest BCUT2D eigenvalue weighted by Crippen LogP contribution is -2.43. The van der Waals surface area contributed by atoms with Crippen LogP contribution in [-0.4, -0.2) is 24.8 Å². The SMILES string of the molecule is C=CC1CN(S(=O)(=O)c2ccc(C)cc2)C(C)(C)/C1=C(\Br)c1ccccc1. The van der Waals surface area contributed by atoms with Gasteiger partial charge in [-0.1, -0.05) is 70.0 Å². The van der Waals surface area contributed by atoms with Gasteiger partial charge in [0.25, 0.3) is 0 Å². The van der Waals surface area contributed by atoms with Crippen molar-refractivity contribution in [1.29, 1.82) is 0 Å². The molecule has 0 N–H and O–H groups in total. The summed E-state index contributed by atoms with van der Waals surface area (Å²) in [5, 5.41) is 0. The zero-order chi connectivity index (χ0) is 19.8. The molecule has 1 fully saturated rings. The van der Waals surface area contributed by atoms with Crippen molar-refractivity contribution in [2.75, 3.05) is 6.54 Å². The summed E-state index contributed by atoms with van der Waals surface area (Å²) >= 11 is 3.74. The molecule has 1 atom stereocenters. The predicted molar refractivity (Wildman–Crippen MR) is 115 cm³/mol. The monoisotopic (exact) mass is 445 g/mol. The van der Waals surface area contributed by atoms with Crippen molar-refractivity contribution >= 4 is 30.4 Å². The quantitative estimate of drug-likeness (QED) is 0.591. The lowest BCUT2D eigenvalue weighted by Gasteiger charge is -2.32. The summed E-state index contributed by atoms with van der Waals surface area (Å²) in [6.45, 7) is 10.2. The molecule has 2 aromatic rings. The highest BCUT2D eigenvalue weighted by atomic mass is 79.9. The van der Waals surface area contributed by atoms with Gasteiger partial charge in [0.15, 0.2) is 0 Å². The second kappa shape index (κ2) is 7.38. The number of hydrogen-bond acceptors (Lipinski definition) is 2. The van der Waals surface area contributed by atoms with Crippen molar-refractivity contribution in [2.45, 2.75) is 31.2 Å². The molecule has 0 saturated carbocycles. The number of benzene rings is 2. The zero-order valence-electron chi connectivity index (χ0n) is 15.8. The number of aryl methyl sites for hydroxylation is 1. The minimum atomic E-state index is -3.62. The summed E-state index contributed by atoms with van der Waals surface area (Å²) < 4.78 is 29.3. The van der Waals surface area contributed by atoms with Crippen molar-refractivity contribution in [2.24, 2.45) is 5.92 Å². The van der Waals surface area contributed by atoms with Gasteiger partial charge in [0, 0.05) is 16.9 Å². The second-order valence-corrected chi connectivity index (χ2v) is 10.00. The first-order valence-corrected chi connectivity index (χ1v) is 11.1. The highest BCUT2D eigenvalue weighted by Gasteiger charge is 2.49. The molecule has 1 aliphatic rings. The van der Waals surface area contributed by atoms with Crippen LogP contribution >= 0.6 is 15.9 Å². The molecule has 0 aliphatic carbocycles. The van der Waals surface area contributed by atoms with E-state index >= 15 is 0 Å². The van der Waals surface area contributed by atoms with Gasteiger partial charge in [0.1, 0.15) is 0 Å². The number of sulfonamides is 1. The summed E-state index contributed by atoms with van der Waals surface area (Å²) in [6.07, 6.45) is 1.84. The molecule has 1 aliphatic heterocycles. The number of nitrogens with zero attached hydrogens (tertiary/aromatic N) is 1. The Morgan fingerprint density at radius 1 is 1.15 bits per heavy atom. The topological polar surface area (TPSA) is 37.4 Å². The van der Waals surface area contributed by atoms with E-state index in [9.17, 15) is 8.42 Å². The molecule has 27 heavy (non-hydrogen) atoms. The summed E-state index contributed by atoms with van der Waals surface area (Å²) in [7, 11) is -3.62. The van der Waals surface area contributed by atoms with Crippen LogP contribution < -0.4 is 0 Å². The van der Waals surface area contributed by atoms with Crippen LogP contribution in [0.3, 0.4) is 0 Å². The van der Waals surface area contributed by atoms with Gasteiger partial charge in [-0.3, -0.25) is 0 Å². The Kier molecular flexibility index (Phi) is 5.48. The van der Waals surface area contributed by atoms with Gasteiger partial charge >= 0.3 is 0 Å². The molecule has 3 rings (SSSR count). The van der Waals surface area contributed by atoms with E-state index in [2.05, 4.69) is 22.5 Å². The van der Waals surface area contributed by atoms with E-state index in [0.29, 0.717) is 11.4 Å². The van der Waals surface area contributed by atoms with E-state index in [1.807, 2.05) is 69.3 Å². The molecule has 0 amide bonds. The Morgan fingerprint density at radius 2 is 1.74 bits per heavy atom. The van der Waals surface area contributed by atoms with Gasteiger partial charge in [0.2, 0.25) is 10.0 Å². The molecule has 5 heteroatoms. The summed E-state index contributed by atoms with van der Waals surface area (Å²) in [4.78, 5) is 0.320. The number of rotatable bonds is 4. The van der Waals surface area contributed by atoms with Crippen LogP contribution in [0.5, 0.6) is 0 Å². The van der Waals surface area contributed by atoms with Crippen LogP contribution in [0.1, 0.15) is 25.0 Å². The van der Waals surface area contributed by atoms with E-state index < -0.39 is 15.6 Å². The first-order chi connectivity index (χ1) is 12.7. The third-order valence-corrected chi connectivity index (χ3v) is 8.11. The Morgan fingerprint density at radius 3 is 2.30 bits per heavy atom. The average molecular weight is 446 g/mol. The van der Waals surface area contributed by atoms with Gasteiger partial charge in [0.05, 0.1) is 10.4 Å². The van der Waals surface area contributed by atoms with Gasteiger partial charge < -0.3 is 0 Å². The minimum absolute atomic E-state index is 0.0604. The van der Waals surface area contributed by atoms with Crippen LogP contribution in [0.15, 0.2) is 77.7 Å². The Bertz CT molecular complexity index is 977. The Labute approximate surface area is 170 Å². The Hall–Kier alpha value is -1.69. The molecule has 142 valence electrons. The van der Waals surface area contributed by atoms with Crippen molar-refractivity contribution in [1.82, 2.24) is 4.31 Å². The summed E-state index contributed by atoms with van der Waals surface area (Å²) in [6, 6.07) is 17.0. The minimum Gasteiger partial charge on any atom is -0.207 e. The van der Waals surface area contributed by atoms with Crippen LogP contribution in [0, 0.1) is 12.8 Å². The van der Waals surface area contributed by atoms with E-state index in [1.54, 1.807) is 16.4 Å². The fourth-order valence-electron chi connectivity index (χ4n) is 3.69. The van der Waals surface area contributed by atoms with E-state index in [4.69, 9.17) is 0 Å². The average Bonchev–Trinajstić information content (AvgIpc) is 2.93. The molecule has 1 heterocycles. The second-order valence-electron chi connectivity index (χ2n) is 7.34. The fraction of sp³-hybridized carbons (Fsp3) is 0.273. The van der Waals surface area contributed by atoms with Gasteiger partial charge in [-0.2, -0.15) is 4.31 Å². The Balaban J connectivity index is 2.13. The van der Waals surface area contributed by atoms with E-state index in [-0.39, 0.29) is 5.92 Å².